The summed E-state index contributed by atoms with van der Waals surface area (Å²) in [7, 11) is 3.15. The Labute approximate surface area is 152 Å². The van der Waals surface area contributed by atoms with Crippen LogP contribution in [0.3, 0.4) is 0 Å². The van der Waals surface area contributed by atoms with Gasteiger partial charge in [-0.05, 0) is 6.07 Å². The first-order chi connectivity index (χ1) is 11.5. The summed E-state index contributed by atoms with van der Waals surface area (Å²) < 4.78 is 10.6. The minimum Gasteiger partial charge on any atom is -0.493 e. The van der Waals surface area contributed by atoms with Gasteiger partial charge in [0.2, 0.25) is 11.9 Å². The van der Waals surface area contributed by atoms with Crippen LogP contribution in [0.15, 0.2) is 12.1 Å². The molecule has 0 spiro atoms. The molecule has 2 heterocycles. The van der Waals surface area contributed by atoms with Crippen molar-refractivity contribution in [2.45, 2.75) is 6.92 Å². The Kier molecular flexibility index (Phi) is 5.73. The highest BCUT2D eigenvalue weighted by molar-refractivity contribution is 5.91. The van der Waals surface area contributed by atoms with Crippen LogP contribution in [-0.4, -0.2) is 61.2 Å². The SMILES string of the molecule is COc1cc2nc(N3CCN(C(C)=O)CC3)nc(N)c2cc1OC.Cl. The van der Waals surface area contributed by atoms with Crippen molar-refractivity contribution in [1.82, 2.24) is 14.9 Å². The van der Waals surface area contributed by atoms with Crippen molar-refractivity contribution in [3.63, 3.8) is 0 Å². The average Bonchev–Trinajstić information content (AvgIpc) is 2.60. The Bertz CT molecular complexity index is 778. The molecule has 0 radical (unpaired) electrons. The molecule has 0 unspecified atom stereocenters. The fourth-order valence-corrected chi connectivity index (χ4v) is 2.83. The van der Waals surface area contributed by atoms with E-state index in [1.54, 1.807) is 33.3 Å². The number of benzene rings is 1. The number of fused-ring (bicyclic) bond motifs is 1. The highest BCUT2D eigenvalue weighted by atomic mass is 35.5. The molecule has 0 saturated carbocycles. The van der Waals surface area contributed by atoms with Crippen LogP contribution >= 0.6 is 12.4 Å². The summed E-state index contributed by atoms with van der Waals surface area (Å²) in [5, 5.41) is 0.721. The van der Waals surface area contributed by atoms with Crippen LogP contribution in [0, 0.1) is 0 Å². The molecule has 1 aromatic heterocycles. The van der Waals surface area contributed by atoms with E-state index in [9.17, 15) is 4.79 Å². The first-order valence-corrected chi connectivity index (χ1v) is 7.73. The number of ether oxygens (including phenoxy) is 2. The number of hydrogen-bond acceptors (Lipinski definition) is 7. The summed E-state index contributed by atoms with van der Waals surface area (Å²) >= 11 is 0. The van der Waals surface area contributed by atoms with E-state index >= 15 is 0 Å². The van der Waals surface area contributed by atoms with Gasteiger partial charge in [-0.25, -0.2) is 4.98 Å². The topological polar surface area (TPSA) is 93.8 Å². The molecule has 3 rings (SSSR count). The molecule has 8 nitrogen and oxygen atoms in total. The second-order valence-electron chi connectivity index (χ2n) is 5.63. The highest BCUT2D eigenvalue weighted by Gasteiger charge is 2.21. The lowest BCUT2D eigenvalue weighted by atomic mass is 10.2. The largest absolute Gasteiger partial charge is 0.493 e. The zero-order valence-electron chi connectivity index (χ0n) is 14.5. The van der Waals surface area contributed by atoms with Gasteiger partial charge in [0.15, 0.2) is 11.5 Å². The number of piperazine rings is 1. The number of nitrogen functional groups attached to an aromatic ring is 1. The average molecular weight is 368 g/mol. The third-order valence-corrected chi connectivity index (χ3v) is 4.23. The van der Waals surface area contributed by atoms with E-state index in [2.05, 4.69) is 9.97 Å². The maximum absolute atomic E-state index is 11.4. The van der Waals surface area contributed by atoms with Gasteiger partial charge in [-0.3, -0.25) is 4.79 Å². The predicted molar refractivity (Wildman–Crippen MR) is 98.8 cm³/mol. The number of halogens is 1. The molecule has 136 valence electrons. The summed E-state index contributed by atoms with van der Waals surface area (Å²) in [5.41, 5.74) is 6.81. The number of rotatable bonds is 3. The summed E-state index contributed by atoms with van der Waals surface area (Å²) in [5.74, 6) is 2.23. The highest BCUT2D eigenvalue weighted by Crippen LogP contribution is 2.34. The monoisotopic (exact) mass is 367 g/mol. The maximum Gasteiger partial charge on any atom is 0.228 e. The Hall–Kier alpha value is -2.48. The second-order valence-corrected chi connectivity index (χ2v) is 5.63. The zero-order valence-corrected chi connectivity index (χ0v) is 15.3. The molecule has 2 N–H and O–H groups in total. The van der Waals surface area contributed by atoms with Crippen LogP contribution in [0.25, 0.3) is 10.9 Å². The van der Waals surface area contributed by atoms with E-state index in [1.807, 2.05) is 9.80 Å². The van der Waals surface area contributed by atoms with Crippen LogP contribution in [0.2, 0.25) is 0 Å². The Morgan fingerprint density at radius 3 is 2.24 bits per heavy atom. The van der Waals surface area contributed by atoms with Crippen molar-refractivity contribution in [2.24, 2.45) is 0 Å². The molecule has 0 bridgehead atoms. The number of hydrogen-bond donors (Lipinski definition) is 1. The van der Waals surface area contributed by atoms with Crippen molar-refractivity contribution in [3.05, 3.63) is 12.1 Å². The molecule has 1 aliphatic rings. The van der Waals surface area contributed by atoms with Crippen LogP contribution in [0.1, 0.15) is 6.92 Å². The van der Waals surface area contributed by atoms with Gasteiger partial charge in [0.1, 0.15) is 5.82 Å². The van der Waals surface area contributed by atoms with Crippen LogP contribution < -0.4 is 20.1 Å². The lowest BCUT2D eigenvalue weighted by Gasteiger charge is -2.34. The van der Waals surface area contributed by atoms with Gasteiger partial charge in [0.25, 0.3) is 0 Å². The lowest BCUT2D eigenvalue weighted by Crippen LogP contribution is -2.48. The van der Waals surface area contributed by atoms with Gasteiger partial charge in [0.05, 0.1) is 19.7 Å². The molecule has 25 heavy (non-hydrogen) atoms. The number of amides is 1. The van der Waals surface area contributed by atoms with Gasteiger partial charge in [-0.1, -0.05) is 0 Å². The molecule has 1 aromatic carbocycles. The number of carbonyl (C=O) groups is 1. The molecular formula is C16H22ClN5O3. The number of nitrogens with two attached hydrogens (primary N) is 1. The molecule has 1 aliphatic heterocycles. The van der Waals surface area contributed by atoms with Crippen molar-refractivity contribution < 1.29 is 14.3 Å². The fourth-order valence-electron chi connectivity index (χ4n) is 2.83. The van der Waals surface area contributed by atoms with E-state index in [0.717, 1.165) is 5.39 Å². The number of anilines is 2. The normalized spacial score (nSPS) is 14.2. The molecule has 2 aromatic rings. The fraction of sp³-hybridized carbons (Fsp3) is 0.438. The summed E-state index contributed by atoms with van der Waals surface area (Å²) in [4.78, 5) is 24.3. The minimum atomic E-state index is 0. The Balaban J connectivity index is 0.00000225. The van der Waals surface area contributed by atoms with Gasteiger partial charge in [-0.2, -0.15) is 4.98 Å². The zero-order chi connectivity index (χ0) is 17.3. The first-order valence-electron chi connectivity index (χ1n) is 7.73. The third-order valence-electron chi connectivity index (χ3n) is 4.23. The molecular weight excluding hydrogens is 346 g/mol. The quantitative estimate of drug-likeness (QED) is 0.874. The Morgan fingerprint density at radius 2 is 1.68 bits per heavy atom. The van der Waals surface area contributed by atoms with Crippen molar-refractivity contribution >= 4 is 41.0 Å². The van der Waals surface area contributed by atoms with Gasteiger partial charge >= 0.3 is 0 Å². The number of carbonyl (C=O) groups excluding carboxylic acids is 1. The van der Waals surface area contributed by atoms with E-state index in [4.69, 9.17) is 15.2 Å². The maximum atomic E-state index is 11.4. The Morgan fingerprint density at radius 1 is 1.08 bits per heavy atom. The van der Waals surface area contributed by atoms with Crippen molar-refractivity contribution in [3.8, 4) is 11.5 Å². The molecule has 0 aliphatic carbocycles. The molecule has 1 fully saturated rings. The molecule has 1 saturated heterocycles. The van der Waals surface area contributed by atoms with Gasteiger partial charge in [0, 0.05) is 44.6 Å². The predicted octanol–water partition coefficient (Wildman–Crippen LogP) is 1.32. The first kappa shape index (κ1) is 18.9. The molecule has 0 atom stereocenters. The minimum absolute atomic E-state index is 0. The molecule has 1 amide bonds. The summed E-state index contributed by atoms with van der Waals surface area (Å²) in [6, 6.07) is 3.57. The van der Waals surface area contributed by atoms with Crippen LogP contribution in [0.5, 0.6) is 11.5 Å². The molecule has 9 heteroatoms. The second kappa shape index (κ2) is 7.60. The van der Waals surface area contributed by atoms with Crippen molar-refractivity contribution in [1.29, 1.82) is 0 Å². The standard InChI is InChI=1S/C16H21N5O3.ClH/c1-10(22)20-4-6-21(7-5-20)16-18-12-9-14(24-3)13(23-2)8-11(12)15(17)19-16;/h8-9H,4-7H2,1-3H3,(H2,17,18,19);1H. The van der Waals surface area contributed by atoms with E-state index in [-0.39, 0.29) is 18.3 Å². The van der Waals surface area contributed by atoms with Gasteiger partial charge < -0.3 is 25.0 Å². The van der Waals surface area contributed by atoms with Crippen molar-refractivity contribution in [2.75, 3.05) is 51.0 Å². The number of methoxy groups -OCH3 is 2. The summed E-state index contributed by atoms with van der Waals surface area (Å²) in [6.45, 7) is 4.25. The van der Waals surface area contributed by atoms with Crippen LogP contribution in [0.4, 0.5) is 11.8 Å². The lowest BCUT2D eigenvalue weighted by molar-refractivity contribution is -0.129. The summed E-state index contributed by atoms with van der Waals surface area (Å²) in [6.07, 6.45) is 0. The van der Waals surface area contributed by atoms with E-state index in [0.29, 0.717) is 55.0 Å². The number of nitrogens with zero attached hydrogens (tertiary/aromatic N) is 4. The third kappa shape index (κ3) is 3.63. The van der Waals surface area contributed by atoms with E-state index < -0.39 is 0 Å². The van der Waals surface area contributed by atoms with Crippen LogP contribution in [-0.2, 0) is 4.79 Å². The van der Waals surface area contributed by atoms with E-state index in [1.165, 1.54) is 0 Å². The number of aromatic nitrogens is 2. The smallest absolute Gasteiger partial charge is 0.228 e. The van der Waals surface area contributed by atoms with Gasteiger partial charge in [-0.15, -0.1) is 12.4 Å².